The Labute approximate surface area is 243 Å². The maximum Gasteiger partial charge on any atom is 0.247 e. The van der Waals surface area contributed by atoms with E-state index >= 15 is 0 Å². The van der Waals surface area contributed by atoms with E-state index in [1.165, 1.54) is 17.0 Å². The van der Waals surface area contributed by atoms with Gasteiger partial charge in [-0.25, -0.2) is 4.39 Å². The third-order valence-corrected chi connectivity index (χ3v) is 6.39. The molecule has 0 spiro atoms. The number of aromatic nitrogens is 1. The lowest BCUT2D eigenvalue weighted by Crippen LogP contribution is -2.48. The Bertz CT molecular complexity index is 1410. The topological polar surface area (TPSA) is 173 Å². The average molecular weight is 578 g/mol. The Hall–Kier alpha value is -4.68. The van der Waals surface area contributed by atoms with E-state index in [0.29, 0.717) is 29.9 Å². The third kappa shape index (κ3) is 9.75. The molecule has 0 aliphatic heterocycles. The highest BCUT2D eigenvalue weighted by Crippen LogP contribution is 2.18. The van der Waals surface area contributed by atoms with Gasteiger partial charge in [0.25, 0.3) is 0 Å². The summed E-state index contributed by atoms with van der Waals surface area (Å²) in [4.78, 5) is 56.4. The second-order valence-electron chi connectivity index (χ2n) is 9.56. The summed E-state index contributed by atoms with van der Waals surface area (Å²) in [5, 5.41) is 8.78. The van der Waals surface area contributed by atoms with E-state index in [1.807, 2.05) is 6.07 Å². The monoisotopic (exact) mass is 577 g/mol. The van der Waals surface area contributed by atoms with Gasteiger partial charge in [-0.05, 0) is 29.8 Å². The van der Waals surface area contributed by atoms with Crippen molar-refractivity contribution < 1.29 is 23.6 Å². The molecule has 3 rings (SSSR count). The lowest BCUT2D eigenvalue weighted by atomic mass is 10.0. The summed E-state index contributed by atoms with van der Waals surface area (Å²) in [5.41, 5.74) is 13.3. The van der Waals surface area contributed by atoms with E-state index in [-0.39, 0.29) is 38.3 Å². The SMILES string of the molecule is C=C(F)c1ccc(CC(NC(=O)CNC(=O)CCC(=O)N(CCN)CCN)C(=O)Nc2ccc3ncccc3c2)cc1. The van der Waals surface area contributed by atoms with Crippen molar-refractivity contribution in [3.05, 3.63) is 78.5 Å². The molecule has 0 saturated carbocycles. The molecule has 1 aromatic heterocycles. The van der Waals surface area contributed by atoms with Crippen molar-refractivity contribution in [1.82, 2.24) is 20.5 Å². The molecule has 0 radical (unpaired) electrons. The number of fused-ring (bicyclic) bond motifs is 1. The number of hydrogen-bond donors (Lipinski definition) is 5. The Balaban J connectivity index is 1.62. The molecule has 1 atom stereocenters. The summed E-state index contributed by atoms with van der Waals surface area (Å²) in [6.45, 7) is 4.11. The quantitative estimate of drug-likeness (QED) is 0.182. The van der Waals surface area contributed by atoms with Crippen LogP contribution in [0.2, 0.25) is 0 Å². The number of carbonyl (C=O) groups is 4. The maximum atomic E-state index is 13.5. The van der Waals surface area contributed by atoms with E-state index in [4.69, 9.17) is 11.5 Å². The number of hydrogen-bond acceptors (Lipinski definition) is 7. The summed E-state index contributed by atoms with van der Waals surface area (Å²) in [6.07, 6.45) is 1.60. The first-order valence-electron chi connectivity index (χ1n) is 13.5. The lowest BCUT2D eigenvalue weighted by Gasteiger charge is -2.21. The van der Waals surface area contributed by atoms with Gasteiger partial charge in [0.2, 0.25) is 23.6 Å². The van der Waals surface area contributed by atoms with Crippen LogP contribution in [0.15, 0.2) is 67.4 Å². The van der Waals surface area contributed by atoms with Crippen LogP contribution in [0.5, 0.6) is 0 Å². The van der Waals surface area contributed by atoms with Crippen molar-refractivity contribution in [2.24, 2.45) is 11.5 Å². The first-order valence-corrected chi connectivity index (χ1v) is 13.5. The van der Waals surface area contributed by atoms with E-state index < -0.39 is 36.1 Å². The van der Waals surface area contributed by atoms with Crippen LogP contribution < -0.4 is 27.4 Å². The highest BCUT2D eigenvalue weighted by molar-refractivity contribution is 5.99. The zero-order valence-electron chi connectivity index (χ0n) is 23.3. The molecule has 11 nitrogen and oxygen atoms in total. The summed E-state index contributed by atoms with van der Waals surface area (Å²) >= 11 is 0. The normalized spacial score (nSPS) is 11.4. The van der Waals surface area contributed by atoms with Crippen molar-refractivity contribution in [1.29, 1.82) is 0 Å². The van der Waals surface area contributed by atoms with Crippen LogP contribution in [0.25, 0.3) is 16.7 Å². The number of nitrogens with two attached hydrogens (primary N) is 2. The molecule has 0 aliphatic carbocycles. The summed E-state index contributed by atoms with van der Waals surface area (Å²) < 4.78 is 13.5. The van der Waals surface area contributed by atoms with Crippen LogP contribution in [-0.2, 0) is 25.6 Å². The van der Waals surface area contributed by atoms with Crippen LogP contribution in [0.1, 0.15) is 24.0 Å². The van der Waals surface area contributed by atoms with Crippen LogP contribution in [-0.4, -0.2) is 72.3 Å². The average Bonchev–Trinajstić information content (AvgIpc) is 2.98. The van der Waals surface area contributed by atoms with Gasteiger partial charge in [-0.15, -0.1) is 0 Å². The van der Waals surface area contributed by atoms with Gasteiger partial charge < -0.3 is 32.3 Å². The summed E-state index contributed by atoms with van der Waals surface area (Å²) in [5.74, 6) is -2.42. The molecule has 0 fully saturated rings. The van der Waals surface area contributed by atoms with Crippen LogP contribution in [0.4, 0.5) is 10.1 Å². The number of nitrogens with zero attached hydrogens (tertiary/aromatic N) is 2. The van der Waals surface area contributed by atoms with Crippen molar-refractivity contribution >= 4 is 46.0 Å². The number of rotatable bonds is 15. The van der Waals surface area contributed by atoms with E-state index in [1.54, 1.807) is 42.6 Å². The lowest BCUT2D eigenvalue weighted by molar-refractivity contribution is -0.133. The number of pyridine rings is 1. The second-order valence-corrected chi connectivity index (χ2v) is 9.56. The predicted octanol–water partition coefficient (Wildman–Crippen LogP) is 1.48. The van der Waals surface area contributed by atoms with Gasteiger partial charge in [-0.2, -0.15) is 0 Å². The van der Waals surface area contributed by atoms with Gasteiger partial charge in [0.05, 0.1) is 12.1 Å². The standard InChI is InChI=1S/C30H36FN7O4/c1-20(31)22-6-4-21(5-7-22)17-26(30(42)36-24-8-9-25-23(18-24)3-2-14-34-25)37-28(40)19-35-27(39)10-11-29(41)38(15-12-32)16-13-33/h2-9,14,18,26H,1,10-13,15-17,19,32-33H2,(H,35,39)(H,36,42)(H,37,40). The Morgan fingerprint density at radius 1 is 0.952 bits per heavy atom. The van der Waals surface area contributed by atoms with Crippen molar-refractivity contribution in [3.8, 4) is 0 Å². The fourth-order valence-electron chi connectivity index (χ4n) is 4.21. The van der Waals surface area contributed by atoms with Crippen LogP contribution >= 0.6 is 0 Å². The Kier molecular flexibility index (Phi) is 12.1. The van der Waals surface area contributed by atoms with Crippen molar-refractivity contribution in [2.75, 3.05) is 38.0 Å². The molecule has 0 saturated heterocycles. The van der Waals surface area contributed by atoms with Gasteiger partial charge in [0.1, 0.15) is 11.9 Å². The summed E-state index contributed by atoms with van der Waals surface area (Å²) in [7, 11) is 0. The third-order valence-electron chi connectivity index (χ3n) is 6.39. The fourth-order valence-corrected chi connectivity index (χ4v) is 4.21. The van der Waals surface area contributed by atoms with Gasteiger partial charge in [-0.3, -0.25) is 24.2 Å². The number of benzene rings is 2. The van der Waals surface area contributed by atoms with E-state index in [2.05, 4.69) is 27.5 Å². The molecule has 4 amide bonds. The zero-order chi connectivity index (χ0) is 30.5. The number of anilines is 1. The zero-order valence-corrected chi connectivity index (χ0v) is 23.3. The minimum absolute atomic E-state index is 0.0545. The van der Waals surface area contributed by atoms with Gasteiger partial charge in [0, 0.05) is 68.3 Å². The molecule has 3 aromatic rings. The minimum atomic E-state index is -1.01. The molecule has 1 heterocycles. The highest BCUT2D eigenvalue weighted by Gasteiger charge is 2.22. The predicted molar refractivity (Wildman–Crippen MR) is 160 cm³/mol. The number of amides is 4. The second kappa shape index (κ2) is 15.9. The number of carbonyl (C=O) groups excluding carboxylic acids is 4. The molecule has 0 bridgehead atoms. The van der Waals surface area contributed by atoms with E-state index in [0.717, 1.165) is 10.9 Å². The molecular weight excluding hydrogens is 541 g/mol. The number of nitrogens with one attached hydrogen (secondary N) is 3. The smallest absolute Gasteiger partial charge is 0.247 e. The largest absolute Gasteiger partial charge is 0.347 e. The van der Waals surface area contributed by atoms with Crippen LogP contribution in [0, 0.1) is 0 Å². The van der Waals surface area contributed by atoms with E-state index in [9.17, 15) is 23.6 Å². The fraction of sp³-hybridized carbons (Fsp3) is 0.300. The molecule has 2 aromatic carbocycles. The van der Waals surface area contributed by atoms with Gasteiger partial charge in [-0.1, -0.05) is 36.9 Å². The molecule has 42 heavy (non-hydrogen) atoms. The molecule has 1 unspecified atom stereocenters. The molecular formula is C30H36FN7O4. The minimum Gasteiger partial charge on any atom is -0.347 e. The number of halogens is 1. The Morgan fingerprint density at radius 2 is 1.67 bits per heavy atom. The summed E-state index contributed by atoms with van der Waals surface area (Å²) in [6, 6.07) is 14.2. The maximum absolute atomic E-state index is 13.5. The molecule has 12 heteroatoms. The first-order chi connectivity index (χ1) is 20.2. The molecule has 7 N–H and O–H groups in total. The van der Waals surface area contributed by atoms with Crippen molar-refractivity contribution in [2.45, 2.75) is 25.3 Å². The van der Waals surface area contributed by atoms with Crippen LogP contribution in [0.3, 0.4) is 0 Å². The van der Waals surface area contributed by atoms with Crippen molar-refractivity contribution in [3.63, 3.8) is 0 Å². The molecule has 0 aliphatic rings. The first kappa shape index (κ1) is 31.8. The van der Waals surface area contributed by atoms with Gasteiger partial charge >= 0.3 is 0 Å². The Morgan fingerprint density at radius 3 is 2.33 bits per heavy atom. The van der Waals surface area contributed by atoms with Gasteiger partial charge in [0.15, 0.2) is 0 Å². The highest BCUT2D eigenvalue weighted by atomic mass is 19.1. The molecule has 222 valence electrons.